The van der Waals surface area contributed by atoms with Crippen molar-refractivity contribution in [3.8, 4) is 0 Å². The van der Waals surface area contributed by atoms with Gasteiger partial charge in [-0.2, -0.15) is 0 Å². The first kappa shape index (κ1) is 78.7. The maximum absolute atomic E-state index is 12.9. The van der Waals surface area contributed by atoms with Gasteiger partial charge in [0.05, 0.1) is 34.4 Å². The Bertz CT molecular complexity index is 1780. The Morgan fingerprint density at radius 2 is 0.687 bits per heavy atom. The number of unbranched alkanes of at least 4 members (excludes halogenated alkanes) is 26. The Hall–Kier alpha value is -4.31. The van der Waals surface area contributed by atoms with Crippen LogP contribution >= 0.6 is 0 Å². The molecule has 0 heterocycles. The van der Waals surface area contributed by atoms with E-state index in [0.29, 0.717) is 23.9 Å². The van der Waals surface area contributed by atoms with Crippen LogP contribution in [0.2, 0.25) is 0 Å². The normalized spacial score (nSPS) is 13.5. The summed E-state index contributed by atoms with van der Waals surface area (Å²) in [5.74, 6) is -2.02. The van der Waals surface area contributed by atoms with Crippen molar-refractivity contribution in [2.45, 2.75) is 283 Å². The number of hydrogen-bond acceptors (Lipinski definition) is 7. The number of likely N-dealkylation sites (N-methyl/N-ethyl adjacent to an activating group) is 1. The van der Waals surface area contributed by atoms with Crippen molar-refractivity contribution in [3.05, 3.63) is 122 Å². The predicted octanol–water partition coefficient (Wildman–Crippen LogP) is 20.8. The van der Waals surface area contributed by atoms with E-state index in [9.17, 15) is 19.5 Å². The van der Waals surface area contributed by atoms with Gasteiger partial charge in [-0.05, 0) is 89.9 Å². The van der Waals surface area contributed by atoms with Crippen LogP contribution in [0.1, 0.15) is 271 Å². The number of quaternary nitrogens is 1. The maximum Gasteiger partial charge on any atom is 0.361 e. The average Bonchev–Trinajstić information content (AvgIpc) is 3.46. The van der Waals surface area contributed by atoms with E-state index in [1.807, 2.05) is 21.1 Å². The van der Waals surface area contributed by atoms with Crippen LogP contribution in [0.5, 0.6) is 0 Å². The quantitative estimate of drug-likeness (QED) is 0.0211. The van der Waals surface area contributed by atoms with Gasteiger partial charge in [0, 0.05) is 12.8 Å². The van der Waals surface area contributed by atoms with Gasteiger partial charge in [0.15, 0.2) is 6.10 Å². The molecule has 0 saturated carbocycles. The van der Waals surface area contributed by atoms with Crippen LogP contribution in [0.25, 0.3) is 0 Å². The molecule has 0 spiro atoms. The third kappa shape index (κ3) is 65.1. The van der Waals surface area contributed by atoms with Crippen molar-refractivity contribution >= 4 is 17.9 Å². The highest BCUT2D eigenvalue weighted by Crippen LogP contribution is 2.17. The summed E-state index contributed by atoms with van der Waals surface area (Å²) in [6.07, 6.45) is 87.2. The van der Waals surface area contributed by atoms with Crippen LogP contribution in [0.3, 0.4) is 0 Å². The number of carboxylic acid groups (broad SMARTS) is 1. The lowest BCUT2D eigenvalue weighted by atomic mass is 10.0. The van der Waals surface area contributed by atoms with Crippen molar-refractivity contribution in [3.63, 3.8) is 0 Å². The van der Waals surface area contributed by atoms with E-state index in [1.54, 1.807) is 0 Å². The molecule has 474 valence electrons. The van der Waals surface area contributed by atoms with E-state index in [2.05, 4.69) is 135 Å². The fourth-order valence-electron chi connectivity index (χ4n) is 9.10. The van der Waals surface area contributed by atoms with Gasteiger partial charge < -0.3 is 28.5 Å². The molecule has 9 nitrogen and oxygen atoms in total. The van der Waals surface area contributed by atoms with Gasteiger partial charge in [-0.3, -0.25) is 9.59 Å². The Kier molecular flexibility index (Phi) is 60.4. The molecule has 0 amide bonds. The SMILES string of the molecule is CC/C=C\C/C=C\C/C=C\C/C=C\C/C=C\C/C=C\C/C=C\C/C=C\C/C=C\C/C=C\CCCCCCCCC(=O)OC(COC(=O)CCCCCCCCCCCCCCCCCCCCCCC)COC(OCC[N+](C)(C)C)C(=O)O. The zero-order valence-corrected chi connectivity index (χ0v) is 54.1. The second-order valence-corrected chi connectivity index (χ2v) is 23.4. The van der Waals surface area contributed by atoms with Crippen molar-refractivity contribution in [1.82, 2.24) is 0 Å². The fraction of sp³-hybridized carbons (Fsp3) is 0.689. The zero-order chi connectivity index (χ0) is 60.5. The molecule has 0 rings (SSSR count). The van der Waals surface area contributed by atoms with E-state index in [0.717, 1.165) is 122 Å². The summed E-state index contributed by atoms with van der Waals surface area (Å²) in [7, 11) is 5.97. The summed E-state index contributed by atoms with van der Waals surface area (Å²) in [5, 5.41) is 9.73. The molecule has 0 bridgehead atoms. The Labute approximate surface area is 510 Å². The van der Waals surface area contributed by atoms with E-state index in [-0.39, 0.29) is 32.2 Å². The lowest BCUT2D eigenvalue weighted by molar-refractivity contribution is -0.870. The molecule has 83 heavy (non-hydrogen) atoms. The van der Waals surface area contributed by atoms with Crippen molar-refractivity contribution in [1.29, 1.82) is 0 Å². The van der Waals surface area contributed by atoms with Gasteiger partial charge in [-0.15, -0.1) is 0 Å². The van der Waals surface area contributed by atoms with Gasteiger partial charge in [0.2, 0.25) is 0 Å². The number of ether oxygens (including phenoxy) is 4. The standard InChI is InChI=1S/C74H125NO8/c1-6-8-10-12-14-16-18-20-22-24-26-28-29-30-31-32-33-34-35-36-37-38-39-40-41-42-43-45-47-49-51-53-55-57-59-61-63-65-72(77)83-70(69-82-74(73(78)79)80-67-66-75(3,4)5)68-81-71(76)64-62-60-58-56-54-52-50-48-46-44-27-25-23-21-19-17-15-13-11-9-7-2/h8,10,14,16,20,22,26,28,30-31,33-34,36-37,39-40,42-43,47,49,70,74H,6-7,9,11-13,15,17-19,21,23-25,27,29,32,35,38,41,44-46,48,50-69H2,1-5H3/p+1/b10-8-,16-14-,22-20-,28-26-,31-30-,34-33-,37-36-,40-39-,43-42-,49-47-. The summed E-state index contributed by atoms with van der Waals surface area (Å²) < 4.78 is 22.9. The first-order chi connectivity index (χ1) is 40.6. The minimum Gasteiger partial charge on any atom is -0.477 e. The van der Waals surface area contributed by atoms with Gasteiger partial charge in [-0.25, -0.2) is 4.79 Å². The van der Waals surface area contributed by atoms with Crippen LogP contribution < -0.4 is 0 Å². The highest BCUT2D eigenvalue weighted by molar-refractivity contribution is 5.71. The van der Waals surface area contributed by atoms with Crippen LogP contribution in [-0.4, -0.2) is 87.4 Å². The number of carbonyl (C=O) groups is 3. The zero-order valence-electron chi connectivity index (χ0n) is 54.1. The lowest BCUT2D eigenvalue weighted by Crippen LogP contribution is -2.40. The van der Waals surface area contributed by atoms with E-state index in [1.165, 1.54) is 116 Å². The van der Waals surface area contributed by atoms with Crippen molar-refractivity contribution in [2.75, 3.05) is 47.5 Å². The second-order valence-electron chi connectivity index (χ2n) is 23.4. The first-order valence-corrected chi connectivity index (χ1v) is 33.7. The van der Waals surface area contributed by atoms with E-state index in [4.69, 9.17) is 18.9 Å². The number of allylic oxidation sites excluding steroid dienone is 20. The minimum absolute atomic E-state index is 0.180. The molecule has 9 heteroatoms. The van der Waals surface area contributed by atoms with E-state index < -0.39 is 24.3 Å². The third-order valence-electron chi connectivity index (χ3n) is 14.2. The number of carbonyl (C=O) groups excluding carboxylic acids is 2. The summed E-state index contributed by atoms with van der Waals surface area (Å²) in [4.78, 5) is 37.6. The summed E-state index contributed by atoms with van der Waals surface area (Å²) >= 11 is 0. The number of carboxylic acids is 1. The Morgan fingerprint density at radius 3 is 1.02 bits per heavy atom. The summed E-state index contributed by atoms with van der Waals surface area (Å²) in [5.41, 5.74) is 0. The molecule has 1 N–H and O–H groups in total. The number of nitrogens with zero attached hydrogens (tertiary/aromatic N) is 1. The molecule has 0 saturated heterocycles. The molecule has 0 fully saturated rings. The molecular weight excluding hydrogens is 1030 g/mol. The van der Waals surface area contributed by atoms with E-state index >= 15 is 0 Å². The molecule has 0 radical (unpaired) electrons. The maximum atomic E-state index is 12.9. The number of aliphatic carboxylic acids is 1. The summed E-state index contributed by atoms with van der Waals surface area (Å²) in [6.45, 7) is 4.76. The summed E-state index contributed by atoms with van der Waals surface area (Å²) in [6, 6.07) is 0. The minimum atomic E-state index is -1.52. The molecule has 2 atom stereocenters. The predicted molar refractivity (Wildman–Crippen MR) is 354 cm³/mol. The van der Waals surface area contributed by atoms with Crippen molar-refractivity contribution < 1.29 is 42.9 Å². The lowest BCUT2D eigenvalue weighted by Gasteiger charge is -2.25. The molecule has 2 unspecified atom stereocenters. The highest BCUT2D eigenvalue weighted by Gasteiger charge is 2.25. The van der Waals surface area contributed by atoms with Crippen LogP contribution in [0.15, 0.2) is 122 Å². The Balaban J connectivity index is 4.22. The average molecular weight is 1160 g/mol. The smallest absolute Gasteiger partial charge is 0.361 e. The first-order valence-electron chi connectivity index (χ1n) is 33.7. The van der Waals surface area contributed by atoms with Crippen LogP contribution in [-0.2, 0) is 33.3 Å². The van der Waals surface area contributed by atoms with Crippen LogP contribution in [0.4, 0.5) is 0 Å². The van der Waals surface area contributed by atoms with Gasteiger partial charge in [-0.1, -0.05) is 289 Å². The molecule has 0 aromatic rings. The molecule has 0 aromatic carbocycles. The van der Waals surface area contributed by atoms with Gasteiger partial charge in [0.1, 0.15) is 13.2 Å². The topological polar surface area (TPSA) is 108 Å². The molecule has 0 aromatic heterocycles. The van der Waals surface area contributed by atoms with Gasteiger partial charge >= 0.3 is 17.9 Å². The van der Waals surface area contributed by atoms with Crippen LogP contribution in [0, 0.1) is 0 Å². The largest absolute Gasteiger partial charge is 0.477 e. The van der Waals surface area contributed by atoms with Gasteiger partial charge in [0.25, 0.3) is 6.29 Å². The molecule has 0 aliphatic heterocycles. The Morgan fingerprint density at radius 1 is 0.373 bits per heavy atom. The highest BCUT2D eigenvalue weighted by atomic mass is 16.7. The fourth-order valence-corrected chi connectivity index (χ4v) is 9.10. The third-order valence-corrected chi connectivity index (χ3v) is 14.2. The molecular formula is C74H126NO8+. The number of hydrogen-bond donors (Lipinski definition) is 1. The molecule has 0 aliphatic rings. The second kappa shape index (κ2) is 63.7. The number of esters is 2. The number of rotatable bonds is 61. The molecule has 0 aliphatic carbocycles. The van der Waals surface area contributed by atoms with Crippen molar-refractivity contribution in [2.24, 2.45) is 0 Å². The monoisotopic (exact) mass is 1160 g/mol.